The summed E-state index contributed by atoms with van der Waals surface area (Å²) in [5.74, 6) is -1.57. The standard InChI is InChI=1S/C44H77NO7/c1-6-8-10-12-14-16-18-20-21-23-24-26-28-30-32-34-42(46)51-39-40(38-50-37-36-41(44(48)49)45(3,4)5)52-43(47)35-33-31-29-27-25-22-19-17-15-13-11-9-7-2/h14,16,18,20,22,25,29,31,40-41H,6-13,15,17,19,21,23-24,26-28,30,32-39H2,1-5H3/p+1/b16-14+,20-18+,25-22+,31-29+. The number of unbranched alkanes of at least 4 members (excludes halogenated alkanes) is 15. The van der Waals surface area contributed by atoms with Gasteiger partial charge in [0.15, 0.2) is 12.1 Å². The predicted octanol–water partition coefficient (Wildman–Crippen LogP) is 10.9. The number of nitrogens with zero attached hydrogens (tertiary/aromatic N) is 1. The van der Waals surface area contributed by atoms with E-state index in [0.29, 0.717) is 19.3 Å². The molecule has 1 N–H and O–H groups in total. The molecule has 0 aliphatic heterocycles. The molecule has 0 saturated carbocycles. The Labute approximate surface area is 318 Å². The molecule has 300 valence electrons. The molecular formula is C44H78NO7+. The minimum absolute atomic E-state index is 0.0339. The van der Waals surface area contributed by atoms with E-state index in [0.717, 1.165) is 51.4 Å². The molecular weight excluding hydrogens is 654 g/mol. The lowest BCUT2D eigenvalue weighted by Crippen LogP contribution is -2.50. The predicted molar refractivity (Wildman–Crippen MR) is 215 cm³/mol. The van der Waals surface area contributed by atoms with Gasteiger partial charge in [-0.25, -0.2) is 4.79 Å². The summed E-state index contributed by atoms with van der Waals surface area (Å²) in [6.45, 7) is 4.61. The average molecular weight is 733 g/mol. The first-order valence-electron chi connectivity index (χ1n) is 20.7. The van der Waals surface area contributed by atoms with Gasteiger partial charge in [-0.15, -0.1) is 0 Å². The van der Waals surface area contributed by atoms with Gasteiger partial charge in [0.25, 0.3) is 0 Å². The Morgan fingerprint density at radius 1 is 0.596 bits per heavy atom. The van der Waals surface area contributed by atoms with Crippen molar-refractivity contribution < 1.29 is 38.2 Å². The third-order valence-electron chi connectivity index (χ3n) is 8.99. The highest BCUT2D eigenvalue weighted by atomic mass is 16.6. The van der Waals surface area contributed by atoms with Gasteiger partial charge in [-0.1, -0.05) is 133 Å². The number of carbonyl (C=O) groups excluding carboxylic acids is 2. The van der Waals surface area contributed by atoms with Crippen LogP contribution in [-0.4, -0.2) is 80.6 Å². The first-order valence-corrected chi connectivity index (χ1v) is 20.7. The molecule has 0 rings (SSSR count). The minimum Gasteiger partial charge on any atom is -0.477 e. The maximum absolute atomic E-state index is 12.6. The molecule has 0 aromatic carbocycles. The Morgan fingerprint density at radius 2 is 1.12 bits per heavy atom. The lowest BCUT2D eigenvalue weighted by Gasteiger charge is -2.31. The summed E-state index contributed by atoms with van der Waals surface area (Å²) in [7, 11) is 5.50. The number of ether oxygens (including phenoxy) is 3. The summed E-state index contributed by atoms with van der Waals surface area (Å²) in [4.78, 5) is 36.8. The number of rotatable bonds is 36. The van der Waals surface area contributed by atoms with Gasteiger partial charge >= 0.3 is 17.9 Å². The number of carboxylic acid groups (broad SMARTS) is 1. The number of esters is 2. The van der Waals surface area contributed by atoms with E-state index in [1.807, 2.05) is 27.2 Å². The van der Waals surface area contributed by atoms with E-state index in [1.54, 1.807) is 0 Å². The molecule has 0 heterocycles. The maximum Gasteiger partial charge on any atom is 0.362 e. The molecule has 0 aromatic heterocycles. The lowest BCUT2D eigenvalue weighted by molar-refractivity contribution is -0.887. The number of allylic oxidation sites excluding steroid dienone is 8. The Morgan fingerprint density at radius 3 is 1.71 bits per heavy atom. The van der Waals surface area contributed by atoms with Crippen molar-refractivity contribution in [3.63, 3.8) is 0 Å². The van der Waals surface area contributed by atoms with Gasteiger partial charge in [0.05, 0.1) is 34.4 Å². The van der Waals surface area contributed by atoms with Crippen LogP contribution in [0.1, 0.15) is 162 Å². The van der Waals surface area contributed by atoms with Crippen molar-refractivity contribution in [1.82, 2.24) is 0 Å². The van der Waals surface area contributed by atoms with E-state index in [-0.39, 0.29) is 42.7 Å². The van der Waals surface area contributed by atoms with Crippen molar-refractivity contribution >= 4 is 17.9 Å². The Kier molecular flexibility index (Phi) is 33.5. The van der Waals surface area contributed by atoms with E-state index in [2.05, 4.69) is 56.4 Å². The first kappa shape index (κ1) is 49.3. The van der Waals surface area contributed by atoms with Gasteiger partial charge in [0.2, 0.25) is 0 Å². The van der Waals surface area contributed by atoms with Crippen molar-refractivity contribution in [2.75, 3.05) is 41.0 Å². The SMILES string of the molecule is CCCCC/C=C/C=C/CCCCCCCCC(=O)OCC(COCCC(C(=O)O)[N+](C)(C)C)OC(=O)CC/C=C/C/C=C/CCCCCCCC. The average Bonchev–Trinajstić information content (AvgIpc) is 3.09. The van der Waals surface area contributed by atoms with Crippen LogP contribution < -0.4 is 0 Å². The smallest absolute Gasteiger partial charge is 0.362 e. The number of carboxylic acids is 1. The number of hydrogen-bond acceptors (Lipinski definition) is 6. The topological polar surface area (TPSA) is 99.1 Å². The maximum atomic E-state index is 12.6. The zero-order chi connectivity index (χ0) is 38.5. The van der Waals surface area contributed by atoms with Crippen LogP contribution in [0.2, 0.25) is 0 Å². The van der Waals surface area contributed by atoms with Crippen molar-refractivity contribution in [1.29, 1.82) is 0 Å². The number of hydrogen-bond donors (Lipinski definition) is 1. The molecule has 0 aromatic rings. The van der Waals surface area contributed by atoms with Crippen LogP contribution in [0.15, 0.2) is 48.6 Å². The molecule has 0 saturated heterocycles. The van der Waals surface area contributed by atoms with Crippen LogP contribution in [0.4, 0.5) is 0 Å². The van der Waals surface area contributed by atoms with Crippen molar-refractivity contribution in [2.45, 2.75) is 174 Å². The molecule has 8 heteroatoms. The fourth-order valence-electron chi connectivity index (χ4n) is 5.72. The summed E-state index contributed by atoms with van der Waals surface area (Å²) in [5.41, 5.74) is 0. The highest BCUT2D eigenvalue weighted by Crippen LogP contribution is 2.12. The van der Waals surface area contributed by atoms with Gasteiger partial charge in [0.1, 0.15) is 6.61 Å². The van der Waals surface area contributed by atoms with Gasteiger partial charge in [-0.05, 0) is 57.8 Å². The van der Waals surface area contributed by atoms with Crippen LogP contribution in [0.3, 0.4) is 0 Å². The summed E-state index contributed by atoms with van der Waals surface area (Å²) in [6.07, 6.45) is 40.2. The molecule has 0 spiro atoms. The van der Waals surface area contributed by atoms with E-state index in [9.17, 15) is 19.5 Å². The van der Waals surface area contributed by atoms with Gasteiger partial charge in [-0.2, -0.15) is 0 Å². The molecule has 0 aliphatic carbocycles. The van der Waals surface area contributed by atoms with Crippen LogP contribution in [0.5, 0.6) is 0 Å². The fraction of sp³-hybridized carbons (Fsp3) is 0.750. The summed E-state index contributed by atoms with van der Waals surface area (Å²) < 4.78 is 17.1. The van der Waals surface area contributed by atoms with Crippen LogP contribution in [0.25, 0.3) is 0 Å². The van der Waals surface area contributed by atoms with Crippen molar-refractivity contribution in [2.24, 2.45) is 0 Å². The molecule has 2 unspecified atom stereocenters. The number of likely N-dealkylation sites (N-methyl/N-ethyl adjacent to an activating group) is 1. The Bertz CT molecular complexity index is 995. The van der Waals surface area contributed by atoms with Crippen LogP contribution >= 0.6 is 0 Å². The lowest BCUT2D eigenvalue weighted by atomic mass is 10.1. The van der Waals surface area contributed by atoms with Crippen molar-refractivity contribution in [3.8, 4) is 0 Å². The second-order valence-electron chi connectivity index (χ2n) is 14.9. The van der Waals surface area contributed by atoms with Crippen LogP contribution in [-0.2, 0) is 28.6 Å². The fourth-order valence-corrected chi connectivity index (χ4v) is 5.72. The summed E-state index contributed by atoms with van der Waals surface area (Å²) in [5, 5.41) is 9.59. The number of quaternary nitrogens is 1. The third-order valence-corrected chi connectivity index (χ3v) is 8.99. The zero-order valence-corrected chi connectivity index (χ0v) is 34.0. The van der Waals surface area contributed by atoms with Crippen LogP contribution in [0, 0.1) is 0 Å². The monoisotopic (exact) mass is 733 g/mol. The Hall–Kier alpha value is -2.71. The van der Waals surface area contributed by atoms with Gasteiger partial charge < -0.3 is 23.8 Å². The zero-order valence-electron chi connectivity index (χ0n) is 34.0. The molecule has 2 atom stereocenters. The highest BCUT2D eigenvalue weighted by Gasteiger charge is 2.31. The highest BCUT2D eigenvalue weighted by molar-refractivity contribution is 5.72. The molecule has 8 nitrogen and oxygen atoms in total. The number of carbonyl (C=O) groups is 3. The van der Waals surface area contributed by atoms with Gasteiger partial charge in [-0.3, -0.25) is 9.59 Å². The third kappa shape index (κ3) is 33.1. The molecule has 0 fully saturated rings. The van der Waals surface area contributed by atoms with E-state index in [1.165, 1.54) is 70.6 Å². The van der Waals surface area contributed by atoms with Crippen molar-refractivity contribution in [3.05, 3.63) is 48.6 Å². The summed E-state index contributed by atoms with van der Waals surface area (Å²) in [6, 6.07) is -0.625. The number of aliphatic carboxylic acids is 1. The molecule has 52 heavy (non-hydrogen) atoms. The second-order valence-corrected chi connectivity index (χ2v) is 14.9. The van der Waals surface area contributed by atoms with E-state index < -0.39 is 18.1 Å². The first-order chi connectivity index (χ1) is 25.1. The van der Waals surface area contributed by atoms with Gasteiger partial charge in [0, 0.05) is 19.3 Å². The minimum atomic E-state index is -0.886. The molecule has 0 amide bonds. The largest absolute Gasteiger partial charge is 0.477 e. The second kappa shape index (κ2) is 35.3. The molecule has 0 radical (unpaired) electrons. The molecule has 0 bridgehead atoms. The summed E-state index contributed by atoms with van der Waals surface area (Å²) >= 11 is 0. The normalized spacial score (nSPS) is 13.5. The van der Waals surface area contributed by atoms with E-state index in [4.69, 9.17) is 14.2 Å². The molecule has 0 aliphatic rings. The van der Waals surface area contributed by atoms with E-state index >= 15 is 0 Å². The Balaban J connectivity index is 4.48. The quantitative estimate of drug-likeness (QED) is 0.0225.